The molecular formula is C14H17N5OS. The van der Waals surface area contributed by atoms with Crippen molar-refractivity contribution in [1.29, 1.82) is 0 Å². The van der Waals surface area contributed by atoms with Crippen LogP contribution in [0, 0.1) is 5.92 Å². The fourth-order valence-corrected chi connectivity index (χ4v) is 3.09. The van der Waals surface area contributed by atoms with E-state index in [1.807, 2.05) is 17.5 Å². The fraction of sp³-hybridized carbons (Fsp3) is 0.429. The van der Waals surface area contributed by atoms with Crippen LogP contribution in [0.5, 0.6) is 0 Å². The molecule has 1 fully saturated rings. The number of carbonyl (C=O) groups is 1. The van der Waals surface area contributed by atoms with E-state index < -0.39 is 0 Å². The maximum Gasteiger partial charge on any atom is 0.226 e. The molecule has 0 saturated carbocycles. The minimum absolute atomic E-state index is 0.0582. The van der Waals surface area contributed by atoms with Gasteiger partial charge in [-0.05, 0) is 30.9 Å². The number of nitrogens with one attached hydrogen (secondary N) is 1. The summed E-state index contributed by atoms with van der Waals surface area (Å²) in [6, 6.07) is 3.87. The zero-order valence-electron chi connectivity index (χ0n) is 11.6. The highest BCUT2D eigenvalue weighted by Crippen LogP contribution is 2.24. The van der Waals surface area contributed by atoms with E-state index in [4.69, 9.17) is 0 Å². The van der Waals surface area contributed by atoms with Gasteiger partial charge in [0.05, 0.1) is 0 Å². The largest absolute Gasteiger partial charge is 0.355 e. The third kappa shape index (κ3) is 3.75. The van der Waals surface area contributed by atoms with Crippen molar-refractivity contribution in [2.75, 3.05) is 23.3 Å². The second kappa shape index (κ2) is 6.62. The second-order valence-corrected chi connectivity index (χ2v) is 6.00. The molecule has 3 heterocycles. The SMILES string of the molecule is O=C(CC1CCN(c2cccnn2)CC1)Nc1nccs1. The summed E-state index contributed by atoms with van der Waals surface area (Å²) in [7, 11) is 0. The van der Waals surface area contributed by atoms with Gasteiger partial charge in [-0.1, -0.05) is 0 Å². The molecule has 0 spiro atoms. The number of anilines is 2. The average Bonchev–Trinajstić information content (AvgIpc) is 3.02. The molecule has 2 aromatic rings. The lowest BCUT2D eigenvalue weighted by Crippen LogP contribution is -2.35. The van der Waals surface area contributed by atoms with Gasteiger partial charge < -0.3 is 10.2 Å². The van der Waals surface area contributed by atoms with E-state index in [2.05, 4.69) is 25.4 Å². The Kier molecular flexibility index (Phi) is 4.40. The Labute approximate surface area is 127 Å². The van der Waals surface area contributed by atoms with Gasteiger partial charge in [-0.3, -0.25) is 4.79 Å². The normalized spacial score (nSPS) is 15.9. The summed E-state index contributed by atoms with van der Waals surface area (Å²) < 4.78 is 0. The highest BCUT2D eigenvalue weighted by molar-refractivity contribution is 7.13. The summed E-state index contributed by atoms with van der Waals surface area (Å²) in [6.45, 7) is 1.85. The van der Waals surface area contributed by atoms with Crippen molar-refractivity contribution in [3.8, 4) is 0 Å². The first kappa shape index (κ1) is 13.9. The molecule has 7 heteroatoms. The van der Waals surface area contributed by atoms with E-state index in [9.17, 15) is 4.79 Å². The van der Waals surface area contributed by atoms with Gasteiger partial charge in [0.15, 0.2) is 10.9 Å². The third-order valence-electron chi connectivity index (χ3n) is 3.65. The molecule has 0 radical (unpaired) electrons. The van der Waals surface area contributed by atoms with Gasteiger partial charge in [-0.2, -0.15) is 5.10 Å². The van der Waals surface area contributed by atoms with Crippen LogP contribution in [0.25, 0.3) is 0 Å². The zero-order valence-corrected chi connectivity index (χ0v) is 12.4. The van der Waals surface area contributed by atoms with Crippen molar-refractivity contribution in [3.05, 3.63) is 29.9 Å². The number of aromatic nitrogens is 3. The molecule has 0 bridgehead atoms. The smallest absolute Gasteiger partial charge is 0.226 e. The van der Waals surface area contributed by atoms with Crippen molar-refractivity contribution >= 4 is 28.2 Å². The Morgan fingerprint density at radius 3 is 2.90 bits per heavy atom. The Morgan fingerprint density at radius 2 is 2.24 bits per heavy atom. The average molecular weight is 303 g/mol. The second-order valence-electron chi connectivity index (χ2n) is 5.10. The summed E-state index contributed by atoms with van der Waals surface area (Å²) in [5.41, 5.74) is 0. The molecule has 0 atom stereocenters. The quantitative estimate of drug-likeness (QED) is 0.937. The van der Waals surface area contributed by atoms with Crippen molar-refractivity contribution in [2.24, 2.45) is 5.92 Å². The standard InChI is InChI=1S/C14H17N5OS/c20-13(17-14-15-6-9-21-14)10-11-3-7-19(8-4-11)12-2-1-5-16-18-12/h1-2,5-6,9,11H,3-4,7-8,10H2,(H,15,17,20). The van der Waals surface area contributed by atoms with Crippen LogP contribution in [-0.2, 0) is 4.79 Å². The Morgan fingerprint density at radius 1 is 1.38 bits per heavy atom. The Bertz CT molecular complexity index is 566. The summed E-state index contributed by atoms with van der Waals surface area (Å²) in [5, 5.41) is 13.4. The molecule has 110 valence electrons. The molecule has 21 heavy (non-hydrogen) atoms. The Balaban J connectivity index is 1.46. The predicted octanol–water partition coefficient (Wildman–Crippen LogP) is 2.18. The van der Waals surface area contributed by atoms with Crippen molar-refractivity contribution in [1.82, 2.24) is 15.2 Å². The van der Waals surface area contributed by atoms with Crippen molar-refractivity contribution < 1.29 is 4.79 Å². The molecule has 1 aliphatic heterocycles. The fourth-order valence-electron chi connectivity index (χ4n) is 2.55. The number of carbonyl (C=O) groups excluding carboxylic acids is 1. The summed E-state index contributed by atoms with van der Waals surface area (Å²) in [4.78, 5) is 18.2. The lowest BCUT2D eigenvalue weighted by atomic mass is 9.93. The summed E-state index contributed by atoms with van der Waals surface area (Å²) in [5.74, 6) is 1.41. The van der Waals surface area contributed by atoms with Crippen LogP contribution in [0.2, 0.25) is 0 Å². The topological polar surface area (TPSA) is 71.0 Å². The lowest BCUT2D eigenvalue weighted by molar-refractivity contribution is -0.117. The van der Waals surface area contributed by atoms with Crippen LogP contribution in [-0.4, -0.2) is 34.2 Å². The molecule has 1 saturated heterocycles. The minimum Gasteiger partial charge on any atom is -0.355 e. The number of hydrogen-bond donors (Lipinski definition) is 1. The van der Waals surface area contributed by atoms with Crippen LogP contribution in [0.1, 0.15) is 19.3 Å². The molecule has 1 aliphatic rings. The number of hydrogen-bond acceptors (Lipinski definition) is 6. The summed E-state index contributed by atoms with van der Waals surface area (Å²) >= 11 is 1.44. The Hall–Kier alpha value is -2.02. The first-order chi connectivity index (χ1) is 10.3. The van der Waals surface area contributed by atoms with Gasteiger partial charge in [-0.25, -0.2) is 4.98 Å². The summed E-state index contributed by atoms with van der Waals surface area (Å²) in [6.07, 6.45) is 5.94. The van der Waals surface area contributed by atoms with Gasteiger partial charge in [0.2, 0.25) is 5.91 Å². The van der Waals surface area contributed by atoms with Crippen molar-refractivity contribution in [3.63, 3.8) is 0 Å². The van der Waals surface area contributed by atoms with Gasteiger partial charge in [0.1, 0.15) is 0 Å². The minimum atomic E-state index is 0.0582. The first-order valence-corrected chi connectivity index (χ1v) is 7.91. The van der Waals surface area contributed by atoms with E-state index in [0.717, 1.165) is 31.7 Å². The van der Waals surface area contributed by atoms with E-state index in [1.165, 1.54) is 11.3 Å². The van der Waals surface area contributed by atoms with Crippen LogP contribution in [0.4, 0.5) is 10.9 Å². The zero-order chi connectivity index (χ0) is 14.5. The van der Waals surface area contributed by atoms with E-state index in [0.29, 0.717) is 17.5 Å². The van der Waals surface area contributed by atoms with Crippen LogP contribution in [0.15, 0.2) is 29.9 Å². The van der Waals surface area contributed by atoms with Gasteiger partial charge >= 0.3 is 0 Å². The number of thiazole rings is 1. The van der Waals surface area contributed by atoms with E-state index in [-0.39, 0.29) is 5.91 Å². The van der Waals surface area contributed by atoms with Gasteiger partial charge in [0, 0.05) is 37.3 Å². The lowest BCUT2D eigenvalue weighted by Gasteiger charge is -2.32. The number of piperidine rings is 1. The molecular weight excluding hydrogens is 286 g/mol. The maximum absolute atomic E-state index is 11.9. The maximum atomic E-state index is 11.9. The molecule has 1 N–H and O–H groups in total. The first-order valence-electron chi connectivity index (χ1n) is 7.03. The molecule has 3 rings (SSSR count). The number of amides is 1. The molecule has 0 aromatic carbocycles. The van der Waals surface area contributed by atoms with Crippen LogP contribution < -0.4 is 10.2 Å². The molecule has 6 nitrogen and oxygen atoms in total. The van der Waals surface area contributed by atoms with Gasteiger partial charge in [-0.15, -0.1) is 16.4 Å². The van der Waals surface area contributed by atoms with Crippen LogP contribution >= 0.6 is 11.3 Å². The third-order valence-corrected chi connectivity index (χ3v) is 4.34. The van der Waals surface area contributed by atoms with Crippen LogP contribution in [0.3, 0.4) is 0 Å². The van der Waals surface area contributed by atoms with Gasteiger partial charge in [0.25, 0.3) is 0 Å². The molecule has 0 unspecified atom stereocenters. The monoisotopic (exact) mass is 303 g/mol. The number of rotatable bonds is 4. The highest BCUT2D eigenvalue weighted by Gasteiger charge is 2.22. The number of nitrogens with zero attached hydrogens (tertiary/aromatic N) is 4. The van der Waals surface area contributed by atoms with Crippen molar-refractivity contribution in [2.45, 2.75) is 19.3 Å². The molecule has 2 aromatic heterocycles. The molecule has 0 aliphatic carbocycles. The molecule has 1 amide bonds. The highest BCUT2D eigenvalue weighted by atomic mass is 32.1. The van der Waals surface area contributed by atoms with E-state index in [1.54, 1.807) is 12.4 Å². The predicted molar refractivity (Wildman–Crippen MR) is 82.3 cm³/mol. The van der Waals surface area contributed by atoms with E-state index >= 15 is 0 Å².